The van der Waals surface area contributed by atoms with Crippen molar-refractivity contribution in [1.29, 1.82) is 0 Å². The molecule has 1 saturated heterocycles. The van der Waals surface area contributed by atoms with E-state index in [4.69, 9.17) is 9.97 Å². The zero-order valence-electron chi connectivity index (χ0n) is 18.8. The van der Waals surface area contributed by atoms with E-state index in [9.17, 15) is 9.18 Å². The van der Waals surface area contributed by atoms with Crippen LogP contribution < -0.4 is 4.90 Å². The Bertz CT molecular complexity index is 948. The molecule has 166 valence electrons. The third-order valence-corrected chi connectivity index (χ3v) is 6.20. The van der Waals surface area contributed by atoms with Gasteiger partial charge in [-0.05, 0) is 70.8 Å². The number of carbonyl (C=O) groups is 1. The Morgan fingerprint density at radius 3 is 2.81 bits per heavy atom. The number of aromatic nitrogens is 2. The van der Waals surface area contributed by atoms with E-state index < -0.39 is 0 Å². The number of halogens is 1. The van der Waals surface area contributed by atoms with Crippen molar-refractivity contribution in [2.75, 3.05) is 38.6 Å². The van der Waals surface area contributed by atoms with Crippen molar-refractivity contribution in [3.63, 3.8) is 0 Å². The van der Waals surface area contributed by atoms with Gasteiger partial charge >= 0.3 is 0 Å². The predicted molar refractivity (Wildman–Crippen MR) is 119 cm³/mol. The molecular formula is C24H32FN5O. The van der Waals surface area contributed by atoms with Gasteiger partial charge in [-0.25, -0.2) is 14.4 Å². The number of anilines is 1. The molecular weight excluding hydrogens is 393 g/mol. The minimum absolute atomic E-state index is 0.0804. The van der Waals surface area contributed by atoms with Gasteiger partial charge in [0.2, 0.25) is 5.91 Å². The Morgan fingerprint density at radius 1 is 1.19 bits per heavy atom. The summed E-state index contributed by atoms with van der Waals surface area (Å²) >= 11 is 0. The van der Waals surface area contributed by atoms with Crippen molar-refractivity contribution in [1.82, 2.24) is 19.8 Å². The molecule has 4 rings (SSSR count). The van der Waals surface area contributed by atoms with Crippen LogP contribution in [0.2, 0.25) is 0 Å². The Kier molecular flexibility index (Phi) is 6.51. The first-order chi connectivity index (χ1) is 14.9. The molecule has 31 heavy (non-hydrogen) atoms. The van der Waals surface area contributed by atoms with Gasteiger partial charge in [-0.15, -0.1) is 0 Å². The molecule has 0 N–H and O–H groups in total. The van der Waals surface area contributed by atoms with E-state index in [1.807, 2.05) is 36.9 Å². The number of carbonyl (C=O) groups excluding carboxylic acids is 1. The quantitative estimate of drug-likeness (QED) is 0.734. The standard InChI is InChI=1S/C24H32FN5O/c1-17-20-10-7-12-29(15-18-8-6-9-19(25)14-18)24(20)27-23(26-17)21-11-4-5-13-30(21)22(31)16-28(2)3/h6,8-9,14,21H,4-5,7,10-13,15-16H2,1-3H3. The number of hydrogen-bond acceptors (Lipinski definition) is 5. The minimum atomic E-state index is -0.216. The van der Waals surface area contributed by atoms with Crippen LogP contribution in [0.5, 0.6) is 0 Å². The molecule has 1 fully saturated rings. The normalized spacial score (nSPS) is 18.9. The lowest BCUT2D eigenvalue weighted by molar-refractivity contribution is -0.135. The summed E-state index contributed by atoms with van der Waals surface area (Å²) in [4.78, 5) is 28.9. The van der Waals surface area contributed by atoms with E-state index in [0.29, 0.717) is 13.1 Å². The minimum Gasteiger partial charge on any atom is -0.352 e. The Labute approximate surface area is 184 Å². The van der Waals surface area contributed by atoms with Crippen molar-refractivity contribution >= 4 is 11.7 Å². The Morgan fingerprint density at radius 2 is 2.03 bits per heavy atom. The number of fused-ring (bicyclic) bond motifs is 1. The fraction of sp³-hybridized carbons (Fsp3) is 0.542. The van der Waals surface area contributed by atoms with Crippen LogP contribution in [0.3, 0.4) is 0 Å². The lowest BCUT2D eigenvalue weighted by Gasteiger charge is -2.37. The summed E-state index contributed by atoms with van der Waals surface area (Å²) < 4.78 is 13.7. The SMILES string of the molecule is Cc1nc(C2CCCCN2C(=O)CN(C)C)nc2c1CCCN2Cc1cccc(F)c1. The molecule has 6 nitrogen and oxygen atoms in total. The van der Waals surface area contributed by atoms with Crippen molar-refractivity contribution in [2.45, 2.75) is 51.6 Å². The van der Waals surface area contributed by atoms with Crippen molar-refractivity contribution in [3.05, 3.63) is 52.7 Å². The maximum Gasteiger partial charge on any atom is 0.237 e. The molecule has 3 heterocycles. The highest BCUT2D eigenvalue weighted by molar-refractivity contribution is 5.78. The monoisotopic (exact) mass is 425 g/mol. The van der Waals surface area contributed by atoms with Crippen LogP contribution in [0.4, 0.5) is 10.2 Å². The molecule has 0 saturated carbocycles. The molecule has 0 spiro atoms. The molecule has 0 bridgehead atoms. The number of aryl methyl sites for hydroxylation is 1. The van der Waals surface area contributed by atoms with Gasteiger partial charge in [0.1, 0.15) is 11.6 Å². The van der Waals surface area contributed by atoms with Gasteiger partial charge in [-0.3, -0.25) is 4.79 Å². The van der Waals surface area contributed by atoms with E-state index >= 15 is 0 Å². The summed E-state index contributed by atoms with van der Waals surface area (Å²) in [5, 5.41) is 0. The van der Waals surface area contributed by atoms with Gasteiger partial charge in [0.05, 0.1) is 12.6 Å². The second kappa shape index (κ2) is 9.30. The van der Waals surface area contributed by atoms with Gasteiger partial charge in [0.25, 0.3) is 0 Å². The van der Waals surface area contributed by atoms with Crippen molar-refractivity contribution in [2.24, 2.45) is 0 Å². The lowest BCUT2D eigenvalue weighted by Crippen LogP contribution is -2.43. The number of likely N-dealkylation sites (N-methyl/N-ethyl adjacent to an activating group) is 1. The van der Waals surface area contributed by atoms with E-state index in [2.05, 4.69) is 4.90 Å². The summed E-state index contributed by atoms with van der Waals surface area (Å²) in [5.41, 5.74) is 3.11. The number of rotatable bonds is 5. The zero-order valence-corrected chi connectivity index (χ0v) is 18.8. The molecule has 0 aliphatic carbocycles. The van der Waals surface area contributed by atoms with Crippen LogP contribution in [0.15, 0.2) is 24.3 Å². The first-order valence-electron chi connectivity index (χ1n) is 11.2. The Balaban J connectivity index is 1.65. The van der Waals surface area contributed by atoms with E-state index in [-0.39, 0.29) is 17.8 Å². The van der Waals surface area contributed by atoms with Crippen molar-refractivity contribution in [3.8, 4) is 0 Å². The number of nitrogens with zero attached hydrogens (tertiary/aromatic N) is 5. The summed E-state index contributed by atoms with van der Waals surface area (Å²) in [6.07, 6.45) is 4.97. The van der Waals surface area contributed by atoms with Gasteiger partial charge in [-0.1, -0.05) is 12.1 Å². The molecule has 1 aromatic carbocycles. The van der Waals surface area contributed by atoms with E-state index in [0.717, 1.165) is 68.1 Å². The largest absolute Gasteiger partial charge is 0.352 e. The molecule has 7 heteroatoms. The van der Waals surface area contributed by atoms with Crippen LogP contribution in [0, 0.1) is 12.7 Å². The first kappa shape index (κ1) is 21.7. The molecule has 0 radical (unpaired) electrons. The second-order valence-electron chi connectivity index (χ2n) is 8.96. The number of likely N-dealkylation sites (tertiary alicyclic amines) is 1. The summed E-state index contributed by atoms with van der Waals surface area (Å²) in [7, 11) is 3.83. The molecule has 1 atom stereocenters. The van der Waals surface area contributed by atoms with Crippen LogP contribution in [-0.2, 0) is 17.8 Å². The predicted octanol–water partition coefficient (Wildman–Crippen LogP) is 3.49. The maximum absolute atomic E-state index is 13.7. The molecule has 1 unspecified atom stereocenters. The molecule has 2 aliphatic rings. The summed E-state index contributed by atoms with van der Waals surface area (Å²) in [6.45, 7) is 4.70. The first-order valence-corrected chi connectivity index (χ1v) is 11.2. The fourth-order valence-electron chi connectivity index (χ4n) is 4.73. The average molecular weight is 426 g/mol. The topological polar surface area (TPSA) is 52.6 Å². The van der Waals surface area contributed by atoms with Gasteiger partial charge in [-0.2, -0.15) is 0 Å². The number of benzene rings is 1. The highest BCUT2D eigenvalue weighted by Gasteiger charge is 2.32. The second-order valence-corrected chi connectivity index (χ2v) is 8.96. The van der Waals surface area contributed by atoms with Gasteiger partial charge in [0.15, 0.2) is 5.82 Å². The van der Waals surface area contributed by atoms with Gasteiger partial charge in [0, 0.05) is 30.9 Å². The summed E-state index contributed by atoms with van der Waals surface area (Å²) in [5.74, 6) is 1.61. The number of hydrogen-bond donors (Lipinski definition) is 0. The molecule has 2 aliphatic heterocycles. The molecule has 1 aromatic heterocycles. The third kappa shape index (κ3) is 4.87. The highest BCUT2D eigenvalue weighted by Crippen LogP contribution is 2.34. The third-order valence-electron chi connectivity index (χ3n) is 6.20. The number of amides is 1. The van der Waals surface area contributed by atoms with Crippen LogP contribution >= 0.6 is 0 Å². The smallest absolute Gasteiger partial charge is 0.237 e. The van der Waals surface area contributed by atoms with Gasteiger partial charge < -0.3 is 14.7 Å². The highest BCUT2D eigenvalue weighted by atomic mass is 19.1. The zero-order chi connectivity index (χ0) is 22.0. The molecule has 1 amide bonds. The van der Waals surface area contributed by atoms with Crippen LogP contribution in [0.25, 0.3) is 0 Å². The van der Waals surface area contributed by atoms with Crippen molar-refractivity contribution < 1.29 is 9.18 Å². The average Bonchev–Trinajstić information content (AvgIpc) is 2.74. The van der Waals surface area contributed by atoms with E-state index in [1.165, 1.54) is 11.6 Å². The summed E-state index contributed by atoms with van der Waals surface area (Å²) in [6, 6.07) is 6.69. The van der Waals surface area contributed by atoms with Crippen LogP contribution in [-0.4, -0.2) is 59.4 Å². The molecule has 2 aromatic rings. The van der Waals surface area contributed by atoms with E-state index in [1.54, 1.807) is 12.1 Å². The maximum atomic E-state index is 13.7. The van der Waals surface area contributed by atoms with Crippen LogP contribution in [0.1, 0.15) is 54.4 Å². The fourth-order valence-corrected chi connectivity index (χ4v) is 4.73. The number of piperidine rings is 1. The Hall–Kier alpha value is -2.54. The lowest BCUT2D eigenvalue weighted by atomic mass is 9.99.